The molecule has 1 aliphatic rings. The quantitative estimate of drug-likeness (QED) is 0.818. The highest BCUT2D eigenvalue weighted by molar-refractivity contribution is 5.50. The molecule has 1 heterocycles. The van der Waals surface area contributed by atoms with Crippen LogP contribution in [0.2, 0.25) is 0 Å². The molecule has 0 radical (unpaired) electrons. The highest BCUT2D eigenvalue weighted by atomic mass is 16.5. The second kappa shape index (κ2) is 5.35. The SMILES string of the molecule is COc1ccc([C@@H]2CCCN2c2ccccc2)cc1. The van der Waals surface area contributed by atoms with Crippen LogP contribution in [-0.4, -0.2) is 13.7 Å². The van der Waals surface area contributed by atoms with Crippen molar-refractivity contribution >= 4 is 5.69 Å². The summed E-state index contributed by atoms with van der Waals surface area (Å²) in [7, 11) is 1.71. The van der Waals surface area contributed by atoms with Crippen LogP contribution in [0.25, 0.3) is 0 Å². The number of nitrogens with zero attached hydrogens (tertiary/aromatic N) is 1. The van der Waals surface area contributed by atoms with Crippen molar-refractivity contribution in [1.29, 1.82) is 0 Å². The lowest BCUT2D eigenvalue weighted by molar-refractivity contribution is 0.414. The van der Waals surface area contributed by atoms with Crippen molar-refractivity contribution in [3.8, 4) is 5.75 Å². The first kappa shape index (κ1) is 12.1. The van der Waals surface area contributed by atoms with Gasteiger partial charge in [0, 0.05) is 12.2 Å². The van der Waals surface area contributed by atoms with Gasteiger partial charge in [0.15, 0.2) is 0 Å². The van der Waals surface area contributed by atoms with Crippen LogP contribution in [0.15, 0.2) is 54.6 Å². The summed E-state index contributed by atoms with van der Waals surface area (Å²) in [6.07, 6.45) is 2.48. The number of anilines is 1. The van der Waals surface area contributed by atoms with Crippen molar-refractivity contribution in [1.82, 2.24) is 0 Å². The van der Waals surface area contributed by atoms with Crippen LogP contribution in [0, 0.1) is 0 Å². The standard InChI is InChI=1S/C17H19NO/c1-19-16-11-9-14(10-12-16)17-8-5-13-18(17)15-6-3-2-4-7-15/h2-4,6-7,9-12,17H,5,8,13H2,1H3/t17-/m0/s1. The Bertz CT molecular complexity index is 521. The Hall–Kier alpha value is -1.96. The number of benzene rings is 2. The first-order valence-corrected chi connectivity index (χ1v) is 6.84. The highest BCUT2D eigenvalue weighted by Crippen LogP contribution is 2.36. The minimum Gasteiger partial charge on any atom is -0.497 e. The first-order chi connectivity index (χ1) is 9.38. The predicted molar refractivity (Wildman–Crippen MR) is 78.8 cm³/mol. The van der Waals surface area contributed by atoms with Crippen LogP contribution in [0.3, 0.4) is 0 Å². The lowest BCUT2D eigenvalue weighted by Gasteiger charge is -2.27. The highest BCUT2D eigenvalue weighted by Gasteiger charge is 2.25. The summed E-state index contributed by atoms with van der Waals surface area (Å²) in [4.78, 5) is 2.50. The number of methoxy groups -OCH3 is 1. The van der Waals surface area contributed by atoms with Gasteiger partial charge in [0.2, 0.25) is 0 Å². The number of rotatable bonds is 3. The molecule has 2 aromatic rings. The van der Waals surface area contributed by atoms with Gasteiger partial charge < -0.3 is 9.64 Å². The molecule has 0 spiro atoms. The van der Waals surface area contributed by atoms with E-state index in [4.69, 9.17) is 4.74 Å². The second-order valence-electron chi connectivity index (χ2n) is 4.96. The van der Waals surface area contributed by atoms with Crippen molar-refractivity contribution in [2.45, 2.75) is 18.9 Å². The average Bonchev–Trinajstić information content (AvgIpc) is 2.98. The van der Waals surface area contributed by atoms with Crippen molar-refractivity contribution in [2.75, 3.05) is 18.6 Å². The molecular weight excluding hydrogens is 234 g/mol. The molecule has 1 atom stereocenters. The Morgan fingerprint density at radius 3 is 2.42 bits per heavy atom. The van der Waals surface area contributed by atoms with Gasteiger partial charge >= 0.3 is 0 Å². The van der Waals surface area contributed by atoms with E-state index >= 15 is 0 Å². The topological polar surface area (TPSA) is 12.5 Å². The Labute approximate surface area is 114 Å². The van der Waals surface area contributed by atoms with E-state index in [1.807, 2.05) is 0 Å². The van der Waals surface area contributed by atoms with Crippen LogP contribution in [0.4, 0.5) is 5.69 Å². The van der Waals surface area contributed by atoms with Crippen molar-refractivity contribution in [3.05, 3.63) is 60.2 Å². The molecule has 98 valence electrons. The van der Waals surface area contributed by atoms with E-state index in [1.165, 1.54) is 24.1 Å². The maximum absolute atomic E-state index is 5.23. The number of hydrogen-bond acceptors (Lipinski definition) is 2. The molecule has 0 amide bonds. The molecule has 2 aromatic carbocycles. The average molecular weight is 253 g/mol. The number of hydrogen-bond donors (Lipinski definition) is 0. The summed E-state index contributed by atoms with van der Waals surface area (Å²) in [5.74, 6) is 0.924. The van der Waals surface area contributed by atoms with Crippen LogP contribution in [0.5, 0.6) is 5.75 Å². The van der Waals surface area contributed by atoms with Gasteiger partial charge in [-0.2, -0.15) is 0 Å². The fourth-order valence-electron chi connectivity index (χ4n) is 2.87. The van der Waals surface area contributed by atoms with Crippen LogP contribution in [-0.2, 0) is 0 Å². The molecule has 3 rings (SSSR count). The van der Waals surface area contributed by atoms with E-state index < -0.39 is 0 Å². The Morgan fingerprint density at radius 2 is 1.74 bits per heavy atom. The number of ether oxygens (including phenoxy) is 1. The zero-order chi connectivity index (χ0) is 13.1. The summed E-state index contributed by atoms with van der Waals surface area (Å²) >= 11 is 0. The Balaban J connectivity index is 1.86. The smallest absolute Gasteiger partial charge is 0.118 e. The molecular formula is C17H19NO. The summed E-state index contributed by atoms with van der Waals surface area (Å²) < 4.78 is 5.23. The van der Waals surface area contributed by atoms with Gasteiger partial charge in [-0.25, -0.2) is 0 Å². The van der Waals surface area contributed by atoms with Gasteiger partial charge in [-0.15, -0.1) is 0 Å². The van der Waals surface area contributed by atoms with E-state index in [0.717, 1.165) is 12.3 Å². The van der Waals surface area contributed by atoms with Crippen LogP contribution < -0.4 is 9.64 Å². The Morgan fingerprint density at radius 1 is 1.00 bits per heavy atom. The molecule has 0 aromatic heterocycles. The fraction of sp³-hybridized carbons (Fsp3) is 0.294. The summed E-state index contributed by atoms with van der Waals surface area (Å²) in [6, 6.07) is 19.7. The molecule has 0 bridgehead atoms. The molecule has 1 fully saturated rings. The van der Waals surface area contributed by atoms with Crippen molar-refractivity contribution in [3.63, 3.8) is 0 Å². The molecule has 19 heavy (non-hydrogen) atoms. The van der Waals surface area contributed by atoms with E-state index in [2.05, 4.69) is 59.5 Å². The fourth-order valence-corrected chi connectivity index (χ4v) is 2.87. The lowest BCUT2D eigenvalue weighted by Crippen LogP contribution is -2.22. The molecule has 2 nitrogen and oxygen atoms in total. The largest absolute Gasteiger partial charge is 0.497 e. The minimum atomic E-state index is 0.494. The van der Waals surface area contributed by atoms with Gasteiger partial charge in [0.25, 0.3) is 0 Å². The maximum Gasteiger partial charge on any atom is 0.118 e. The molecule has 2 heteroatoms. The second-order valence-corrected chi connectivity index (χ2v) is 4.96. The third kappa shape index (κ3) is 2.43. The third-order valence-corrected chi connectivity index (χ3v) is 3.84. The monoisotopic (exact) mass is 253 g/mol. The van der Waals surface area contributed by atoms with Gasteiger partial charge in [0.05, 0.1) is 13.2 Å². The van der Waals surface area contributed by atoms with Gasteiger partial charge in [-0.1, -0.05) is 30.3 Å². The molecule has 0 unspecified atom stereocenters. The molecule has 1 saturated heterocycles. The van der Waals surface area contributed by atoms with Gasteiger partial charge in [-0.05, 0) is 42.7 Å². The van der Waals surface area contributed by atoms with Crippen molar-refractivity contribution < 1.29 is 4.74 Å². The summed E-state index contributed by atoms with van der Waals surface area (Å²) in [6.45, 7) is 1.14. The van der Waals surface area contributed by atoms with E-state index in [9.17, 15) is 0 Å². The van der Waals surface area contributed by atoms with Crippen LogP contribution >= 0.6 is 0 Å². The molecule has 0 N–H and O–H groups in total. The van der Waals surface area contributed by atoms with E-state index in [-0.39, 0.29) is 0 Å². The van der Waals surface area contributed by atoms with Crippen LogP contribution in [0.1, 0.15) is 24.4 Å². The van der Waals surface area contributed by atoms with E-state index in [0.29, 0.717) is 6.04 Å². The normalized spacial score (nSPS) is 18.6. The molecule has 1 aliphatic heterocycles. The van der Waals surface area contributed by atoms with Gasteiger partial charge in [0.1, 0.15) is 5.75 Å². The predicted octanol–water partition coefficient (Wildman–Crippen LogP) is 4.04. The lowest BCUT2D eigenvalue weighted by atomic mass is 10.0. The summed E-state index contributed by atoms with van der Waals surface area (Å²) in [5.41, 5.74) is 2.70. The zero-order valence-electron chi connectivity index (χ0n) is 11.3. The minimum absolute atomic E-state index is 0.494. The number of para-hydroxylation sites is 1. The van der Waals surface area contributed by atoms with Crippen molar-refractivity contribution in [2.24, 2.45) is 0 Å². The maximum atomic E-state index is 5.23. The summed E-state index contributed by atoms with van der Waals surface area (Å²) in [5, 5.41) is 0. The van der Waals surface area contributed by atoms with E-state index in [1.54, 1.807) is 7.11 Å². The first-order valence-electron chi connectivity index (χ1n) is 6.84. The molecule has 0 aliphatic carbocycles. The third-order valence-electron chi connectivity index (χ3n) is 3.84. The Kier molecular flexibility index (Phi) is 3.41. The molecule has 0 saturated carbocycles. The van der Waals surface area contributed by atoms with Gasteiger partial charge in [-0.3, -0.25) is 0 Å². The zero-order valence-corrected chi connectivity index (χ0v) is 11.3.